The molecule has 3 aromatic heterocycles. The number of aromatic nitrogens is 6. The molecule has 4 heterocycles. The molecule has 0 aliphatic carbocycles. The first-order valence-electron chi connectivity index (χ1n) is 10.3. The smallest absolute Gasteiger partial charge is 0.228 e. The quantitative estimate of drug-likeness (QED) is 0.521. The maximum absolute atomic E-state index is 11.5. The molecule has 1 aromatic carbocycles. The molecule has 0 bridgehead atoms. The molecule has 1 aliphatic rings. The largest absolute Gasteiger partial charge is 0.480 e. The summed E-state index contributed by atoms with van der Waals surface area (Å²) in [7, 11) is 3.48. The van der Waals surface area contributed by atoms with Gasteiger partial charge in [0.25, 0.3) is 0 Å². The minimum atomic E-state index is 0.122. The number of piperidine rings is 1. The first kappa shape index (κ1) is 19.3. The molecule has 1 amide bonds. The van der Waals surface area contributed by atoms with Crippen LogP contribution in [0.5, 0.6) is 5.88 Å². The van der Waals surface area contributed by atoms with E-state index in [1.54, 1.807) is 18.7 Å². The number of anilines is 1. The van der Waals surface area contributed by atoms with Crippen LogP contribution >= 0.6 is 0 Å². The number of methoxy groups -OCH3 is 1. The number of rotatable bonds is 4. The molecule has 2 N–H and O–H groups in total. The standard InChI is InChI=1S/C21H24N8O2/c1-12(30)29-8-6-14(7-9-29)23-21-24-19-18(20(25-21)31-3)15(11-22-19)13-4-5-16-17(10-13)28(2)27-26-16/h4-5,10-11,14H,6-9H2,1-3H3,(H2,22,23,24,25). The summed E-state index contributed by atoms with van der Waals surface area (Å²) in [6.45, 7) is 3.09. The Labute approximate surface area is 178 Å². The summed E-state index contributed by atoms with van der Waals surface area (Å²) in [5.41, 5.74) is 4.45. The third kappa shape index (κ3) is 3.43. The molecule has 10 nitrogen and oxygen atoms in total. The zero-order chi connectivity index (χ0) is 21.5. The Balaban J connectivity index is 1.46. The van der Waals surface area contributed by atoms with Gasteiger partial charge in [-0.2, -0.15) is 9.97 Å². The van der Waals surface area contributed by atoms with E-state index in [1.165, 1.54) is 0 Å². The molecule has 10 heteroatoms. The lowest BCUT2D eigenvalue weighted by Crippen LogP contribution is -2.41. The molecule has 0 saturated carbocycles. The van der Waals surface area contributed by atoms with Crippen LogP contribution in [0.15, 0.2) is 24.4 Å². The van der Waals surface area contributed by atoms with Gasteiger partial charge in [-0.3, -0.25) is 4.79 Å². The normalized spacial score (nSPS) is 15.0. The number of hydrogen-bond acceptors (Lipinski definition) is 7. The fraction of sp³-hybridized carbons (Fsp3) is 0.381. The predicted molar refractivity (Wildman–Crippen MR) is 117 cm³/mol. The van der Waals surface area contributed by atoms with E-state index in [4.69, 9.17) is 4.74 Å². The summed E-state index contributed by atoms with van der Waals surface area (Å²) in [6.07, 6.45) is 3.64. The fourth-order valence-corrected chi connectivity index (χ4v) is 4.16. The maximum Gasteiger partial charge on any atom is 0.228 e. The van der Waals surface area contributed by atoms with E-state index in [2.05, 4.69) is 30.6 Å². The van der Waals surface area contributed by atoms with Crippen LogP contribution in [0.3, 0.4) is 0 Å². The Bertz CT molecular complexity index is 1270. The second kappa shape index (κ2) is 7.53. The average Bonchev–Trinajstić information content (AvgIpc) is 3.37. The molecule has 0 unspecified atom stereocenters. The molecule has 4 aromatic rings. The number of nitrogens with one attached hydrogen (secondary N) is 2. The molecule has 0 spiro atoms. The second-order valence-electron chi connectivity index (χ2n) is 7.82. The van der Waals surface area contributed by atoms with Crippen LogP contribution in [-0.2, 0) is 11.8 Å². The highest BCUT2D eigenvalue weighted by Gasteiger charge is 2.23. The highest BCUT2D eigenvalue weighted by molar-refractivity contribution is 5.99. The van der Waals surface area contributed by atoms with Crippen LogP contribution in [0.4, 0.5) is 5.95 Å². The van der Waals surface area contributed by atoms with Crippen molar-refractivity contribution < 1.29 is 9.53 Å². The SMILES string of the molecule is COc1nc(NC2CCN(C(C)=O)CC2)nc2[nH]cc(-c3ccc4nnn(C)c4c3)c12. The van der Waals surface area contributed by atoms with Gasteiger partial charge >= 0.3 is 0 Å². The monoisotopic (exact) mass is 420 g/mol. The Morgan fingerprint density at radius 1 is 1.26 bits per heavy atom. The topological polar surface area (TPSA) is 114 Å². The van der Waals surface area contributed by atoms with Crippen molar-refractivity contribution in [2.45, 2.75) is 25.8 Å². The van der Waals surface area contributed by atoms with Crippen LogP contribution < -0.4 is 10.1 Å². The van der Waals surface area contributed by atoms with Gasteiger partial charge in [0.1, 0.15) is 11.2 Å². The van der Waals surface area contributed by atoms with Crippen molar-refractivity contribution in [3.8, 4) is 17.0 Å². The third-order valence-electron chi connectivity index (χ3n) is 5.89. The number of amides is 1. The van der Waals surface area contributed by atoms with Gasteiger partial charge in [-0.25, -0.2) is 4.68 Å². The zero-order valence-corrected chi connectivity index (χ0v) is 17.7. The van der Waals surface area contributed by atoms with Gasteiger partial charge < -0.3 is 19.9 Å². The summed E-state index contributed by atoms with van der Waals surface area (Å²) in [4.78, 5) is 26.0. The van der Waals surface area contributed by atoms with Crippen LogP contribution in [0, 0.1) is 0 Å². The molecule has 1 fully saturated rings. The minimum absolute atomic E-state index is 0.122. The first-order chi connectivity index (χ1) is 15.0. The number of likely N-dealkylation sites (tertiary alicyclic amines) is 1. The van der Waals surface area contributed by atoms with Crippen molar-refractivity contribution in [1.82, 2.24) is 34.8 Å². The molecular weight excluding hydrogens is 396 g/mol. The number of ether oxygens (including phenoxy) is 1. The highest BCUT2D eigenvalue weighted by atomic mass is 16.5. The third-order valence-corrected chi connectivity index (χ3v) is 5.89. The van der Waals surface area contributed by atoms with Crippen molar-refractivity contribution in [2.75, 3.05) is 25.5 Å². The van der Waals surface area contributed by atoms with Gasteiger partial charge in [0.2, 0.25) is 17.7 Å². The lowest BCUT2D eigenvalue weighted by atomic mass is 10.1. The minimum Gasteiger partial charge on any atom is -0.480 e. The number of benzene rings is 1. The van der Waals surface area contributed by atoms with Crippen LogP contribution in [0.1, 0.15) is 19.8 Å². The summed E-state index contributed by atoms with van der Waals surface area (Å²) < 4.78 is 7.38. The number of carbonyl (C=O) groups excluding carboxylic acids is 1. The molecule has 1 saturated heterocycles. The van der Waals surface area contributed by atoms with Gasteiger partial charge in [0, 0.05) is 44.9 Å². The van der Waals surface area contributed by atoms with Gasteiger partial charge in [0.15, 0.2) is 0 Å². The van der Waals surface area contributed by atoms with Crippen molar-refractivity contribution in [3.05, 3.63) is 24.4 Å². The fourth-order valence-electron chi connectivity index (χ4n) is 4.16. The van der Waals surface area contributed by atoms with Crippen LogP contribution in [0.2, 0.25) is 0 Å². The van der Waals surface area contributed by atoms with E-state index in [1.807, 2.05) is 36.3 Å². The lowest BCUT2D eigenvalue weighted by molar-refractivity contribution is -0.129. The number of hydrogen-bond donors (Lipinski definition) is 2. The van der Waals surface area contributed by atoms with E-state index in [9.17, 15) is 4.79 Å². The highest BCUT2D eigenvalue weighted by Crippen LogP contribution is 2.35. The Kier molecular flexibility index (Phi) is 4.68. The van der Waals surface area contributed by atoms with E-state index in [0.717, 1.165) is 53.5 Å². The molecule has 0 atom stereocenters. The second-order valence-corrected chi connectivity index (χ2v) is 7.82. The van der Waals surface area contributed by atoms with Gasteiger partial charge in [-0.1, -0.05) is 11.3 Å². The number of H-pyrrole nitrogens is 1. The Hall–Kier alpha value is -3.69. The maximum atomic E-state index is 11.5. The summed E-state index contributed by atoms with van der Waals surface area (Å²) in [5.74, 6) is 1.15. The van der Waals surface area contributed by atoms with E-state index >= 15 is 0 Å². The molecule has 5 rings (SSSR count). The van der Waals surface area contributed by atoms with Gasteiger partial charge in [0.05, 0.1) is 18.0 Å². The first-order valence-corrected chi connectivity index (χ1v) is 10.3. The Morgan fingerprint density at radius 3 is 2.81 bits per heavy atom. The average molecular weight is 420 g/mol. The van der Waals surface area contributed by atoms with E-state index in [-0.39, 0.29) is 11.9 Å². The number of nitrogens with zero attached hydrogens (tertiary/aromatic N) is 6. The van der Waals surface area contributed by atoms with Crippen LogP contribution in [-0.4, -0.2) is 67.0 Å². The van der Waals surface area contributed by atoms with Crippen molar-refractivity contribution in [2.24, 2.45) is 7.05 Å². The van der Waals surface area contributed by atoms with Gasteiger partial charge in [-0.15, -0.1) is 5.10 Å². The number of aryl methyl sites for hydroxylation is 1. The molecule has 31 heavy (non-hydrogen) atoms. The molecular formula is C21H24N8O2. The van der Waals surface area contributed by atoms with Gasteiger partial charge in [-0.05, 0) is 30.5 Å². The number of aromatic amines is 1. The summed E-state index contributed by atoms with van der Waals surface area (Å²) in [5, 5.41) is 12.5. The number of carbonyl (C=O) groups is 1. The molecule has 1 aliphatic heterocycles. The summed E-state index contributed by atoms with van der Waals surface area (Å²) >= 11 is 0. The summed E-state index contributed by atoms with van der Waals surface area (Å²) in [6, 6.07) is 6.22. The number of fused-ring (bicyclic) bond motifs is 2. The van der Waals surface area contributed by atoms with E-state index in [0.29, 0.717) is 17.5 Å². The van der Waals surface area contributed by atoms with Crippen molar-refractivity contribution in [3.63, 3.8) is 0 Å². The van der Waals surface area contributed by atoms with Crippen molar-refractivity contribution in [1.29, 1.82) is 0 Å². The van der Waals surface area contributed by atoms with Crippen LogP contribution in [0.25, 0.3) is 33.2 Å². The Morgan fingerprint density at radius 2 is 2.06 bits per heavy atom. The molecule has 160 valence electrons. The molecule has 0 radical (unpaired) electrons. The zero-order valence-electron chi connectivity index (χ0n) is 17.7. The van der Waals surface area contributed by atoms with E-state index < -0.39 is 0 Å². The van der Waals surface area contributed by atoms with Crippen molar-refractivity contribution >= 4 is 33.9 Å². The lowest BCUT2D eigenvalue weighted by Gasteiger charge is -2.31. The predicted octanol–water partition coefficient (Wildman–Crippen LogP) is 2.34.